The van der Waals surface area contributed by atoms with E-state index in [1.54, 1.807) is 18.2 Å². The predicted octanol–water partition coefficient (Wildman–Crippen LogP) is 3.71. The fourth-order valence-electron chi connectivity index (χ4n) is 3.43. The molecule has 3 rings (SSSR count). The molecule has 2 fully saturated rings. The zero-order chi connectivity index (χ0) is 16.9. The van der Waals surface area contributed by atoms with Gasteiger partial charge in [0.2, 0.25) is 0 Å². The molecule has 0 radical (unpaired) electrons. The molecule has 132 valence electrons. The molecule has 2 aliphatic heterocycles. The fraction of sp³-hybridized carbons (Fsp3) is 0.611. The second-order valence-electron chi connectivity index (χ2n) is 6.59. The zero-order valence-electron chi connectivity index (χ0n) is 13.8. The molecule has 0 spiro atoms. The van der Waals surface area contributed by atoms with Gasteiger partial charge in [-0.05, 0) is 50.6 Å². The predicted molar refractivity (Wildman–Crippen MR) is 97.0 cm³/mol. The summed E-state index contributed by atoms with van der Waals surface area (Å²) in [5.74, 6) is 0.00251. The molecule has 1 amide bonds. The Morgan fingerprint density at radius 1 is 1.08 bits per heavy atom. The van der Waals surface area contributed by atoms with E-state index in [1.165, 1.54) is 19.3 Å². The third kappa shape index (κ3) is 4.63. The second-order valence-corrected chi connectivity index (χ2v) is 7.40. The first kappa shape index (κ1) is 18.0. The van der Waals surface area contributed by atoms with E-state index in [0.717, 1.165) is 32.6 Å². The van der Waals surface area contributed by atoms with Crippen LogP contribution in [0, 0.1) is 0 Å². The summed E-state index contributed by atoms with van der Waals surface area (Å²) >= 11 is 12.0. The van der Waals surface area contributed by atoms with Gasteiger partial charge in [-0.15, -0.1) is 0 Å². The summed E-state index contributed by atoms with van der Waals surface area (Å²) in [5, 5.41) is 0.883. The topological polar surface area (TPSA) is 32.8 Å². The van der Waals surface area contributed by atoms with Gasteiger partial charge in [-0.25, -0.2) is 0 Å². The summed E-state index contributed by atoms with van der Waals surface area (Å²) in [4.78, 5) is 17.2. The maximum atomic E-state index is 12.8. The normalized spacial score (nSPS) is 23.1. The van der Waals surface area contributed by atoms with E-state index in [0.29, 0.717) is 28.8 Å². The number of carbonyl (C=O) groups excluding carboxylic acids is 1. The third-order valence-corrected chi connectivity index (χ3v) is 5.45. The second kappa shape index (κ2) is 8.52. The highest BCUT2D eigenvalue weighted by Crippen LogP contribution is 2.24. The monoisotopic (exact) mass is 370 g/mol. The van der Waals surface area contributed by atoms with E-state index >= 15 is 0 Å². The first-order valence-electron chi connectivity index (χ1n) is 8.72. The van der Waals surface area contributed by atoms with Crippen LogP contribution in [0.2, 0.25) is 10.0 Å². The smallest absolute Gasteiger partial charge is 0.253 e. The van der Waals surface area contributed by atoms with E-state index in [9.17, 15) is 4.79 Å². The lowest BCUT2D eigenvalue weighted by Crippen LogP contribution is -2.43. The van der Waals surface area contributed by atoms with Gasteiger partial charge in [0.05, 0.1) is 16.1 Å². The maximum Gasteiger partial charge on any atom is 0.253 e. The Morgan fingerprint density at radius 2 is 1.88 bits per heavy atom. The Labute approximate surface area is 153 Å². The van der Waals surface area contributed by atoms with E-state index in [4.69, 9.17) is 27.9 Å². The van der Waals surface area contributed by atoms with E-state index in [2.05, 4.69) is 4.90 Å². The number of rotatable bonds is 3. The molecule has 1 aromatic rings. The molecule has 1 atom stereocenters. The van der Waals surface area contributed by atoms with Crippen molar-refractivity contribution < 1.29 is 9.53 Å². The molecule has 2 saturated heterocycles. The van der Waals surface area contributed by atoms with Crippen LogP contribution < -0.4 is 0 Å². The number of likely N-dealkylation sites (tertiary alicyclic amines) is 1. The summed E-state index contributed by atoms with van der Waals surface area (Å²) in [7, 11) is 0. The Balaban J connectivity index is 1.64. The van der Waals surface area contributed by atoms with E-state index in [-0.39, 0.29) is 12.0 Å². The average Bonchev–Trinajstić information content (AvgIpc) is 2.83. The highest BCUT2D eigenvalue weighted by atomic mass is 35.5. The van der Waals surface area contributed by atoms with Gasteiger partial charge in [-0.2, -0.15) is 0 Å². The highest BCUT2D eigenvalue weighted by Gasteiger charge is 2.25. The number of benzene rings is 1. The van der Waals surface area contributed by atoms with Gasteiger partial charge >= 0.3 is 0 Å². The van der Waals surface area contributed by atoms with Crippen LogP contribution in [0.25, 0.3) is 0 Å². The first-order valence-corrected chi connectivity index (χ1v) is 9.47. The van der Waals surface area contributed by atoms with Crippen LogP contribution in [0.15, 0.2) is 18.2 Å². The lowest BCUT2D eigenvalue weighted by molar-refractivity contribution is 0.0216. The number of hydrogen-bond donors (Lipinski definition) is 0. The van der Waals surface area contributed by atoms with Crippen molar-refractivity contribution in [1.82, 2.24) is 9.80 Å². The van der Waals surface area contributed by atoms with Crippen molar-refractivity contribution in [3.05, 3.63) is 33.8 Å². The van der Waals surface area contributed by atoms with Crippen molar-refractivity contribution in [3.8, 4) is 0 Å². The number of piperidine rings is 1. The molecule has 2 aliphatic rings. The van der Waals surface area contributed by atoms with Gasteiger partial charge in [0.1, 0.15) is 0 Å². The summed E-state index contributed by atoms with van der Waals surface area (Å²) in [6.45, 7) is 5.25. The molecular weight excluding hydrogens is 347 g/mol. The molecule has 0 bridgehead atoms. The van der Waals surface area contributed by atoms with Crippen molar-refractivity contribution in [2.45, 2.75) is 31.8 Å². The van der Waals surface area contributed by atoms with Crippen molar-refractivity contribution in [1.29, 1.82) is 0 Å². The molecular formula is C18H24Cl2N2O2. The molecule has 2 heterocycles. The van der Waals surface area contributed by atoms with Gasteiger partial charge in [0.25, 0.3) is 5.91 Å². The van der Waals surface area contributed by atoms with Crippen LogP contribution in [0.4, 0.5) is 0 Å². The van der Waals surface area contributed by atoms with E-state index in [1.807, 2.05) is 4.90 Å². The Kier molecular flexibility index (Phi) is 6.39. The number of hydrogen-bond acceptors (Lipinski definition) is 3. The molecule has 1 aromatic carbocycles. The number of amides is 1. The molecule has 0 N–H and O–H groups in total. The van der Waals surface area contributed by atoms with Crippen LogP contribution in [0.1, 0.15) is 36.0 Å². The van der Waals surface area contributed by atoms with Crippen LogP contribution in [-0.4, -0.2) is 61.1 Å². The van der Waals surface area contributed by atoms with Crippen molar-refractivity contribution in [3.63, 3.8) is 0 Å². The summed E-state index contributed by atoms with van der Waals surface area (Å²) < 4.78 is 5.98. The maximum absolute atomic E-state index is 12.8. The Bertz CT molecular complexity index is 576. The van der Waals surface area contributed by atoms with Crippen LogP contribution >= 0.6 is 23.2 Å². The quantitative estimate of drug-likeness (QED) is 0.812. The van der Waals surface area contributed by atoms with E-state index < -0.39 is 0 Å². The van der Waals surface area contributed by atoms with Gasteiger partial charge in [0.15, 0.2) is 0 Å². The van der Waals surface area contributed by atoms with Gasteiger partial charge < -0.3 is 14.5 Å². The Morgan fingerprint density at radius 3 is 2.62 bits per heavy atom. The molecule has 0 aromatic heterocycles. The Hall–Kier alpha value is -0.810. The molecule has 6 heteroatoms. The van der Waals surface area contributed by atoms with Crippen molar-refractivity contribution in [2.75, 3.05) is 39.3 Å². The van der Waals surface area contributed by atoms with Crippen LogP contribution in [-0.2, 0) is 4.74 Å². The van der Waals surface area contributed by atoms with Crippen molar-refractivity contribution >= 4 is 29.1 Å². The van der Waals surface area contributed by atoms with Crippen LogP contribution in [0.5, 0.6) is 0 Å². The molecule has 0 aliphatic carbocycles. The van der Waals surface area contributed by atoms with Crippen molar-refractivity contribution in [2.24, 2.45) is 0 Å². The minimum atomic E-state index is 0.00251. The summed E-state index contributed by atoms with van der Waals surface area (Å²) in [6.07, 6.45) is 4.79. The zero-order valence-corrected chi connectivity index (χ0v) is 15.4. The standard InChI is InChI=1S/C18H24Cl2N2O2/c19-16-6-5-14(11-17(16)20)18(23)22-9-4-10-24-15(13-22)12-21-7-2-1-3-8-21/h5-6,11,15H,1-4,7-10,12-13H2. The molecule has 4 nitrogen and oxygen atoms in total. The molecule has 0 saturated carbocycles. The van der Waals surface area contributed by atoms with Gasteiger partial charge in [-0.1, -0.05) is 29.6 Å². The van der Waals surface area contributed by atoms with Gasteiger partial charge in [0, 0.05) is 31.8 Å². The largest absolute Gasteiger partial charge is 0.375 e. The average molecular weight is 371 g/mol. The third-order valence-electron chi connectivity index (χ3n) is 4.71. The lowest BCUT2D eigenvalue weighted by Gasteiger charge is -2.31. The minimum Gasteiger partial charge on any atom is -0.375 e. The number of nitrogens with zero attached hydrogens (tertiary/aromatic N) is 2. The summed E-state index contributed by atoms with van der Waals surface area (Å²) in [6, 6.07) is 5.07. The van der Waals surface area contributed by atoms with Gasteiger partial charge in [-0.3, -0.25) is 4.79 Å². The number of carbonyl (C=O) groups is 1. The lowest BCUT2D eigenvalue weighted by atomic mass is 10.1. The number of ether oxygens (including phenoxy) is 1. The molecule has 24 heavy (non-hydrogen) atoms. The highest BCUT2D eigenvalue weighted by molar-refractivity contribution is 6.42. The summed E-state index contributed by atoms with van der Waals surface area (Å²) in [5.41, 5.74) is 0.586. The first-order chi connectivity index (χ1) is 11.6. The minimum absolute atomic E-state index is 0.00251. The SMILES string of the molecule is O=C(c1ccc(Cl)c(Cl)c1)N1CCCOC(CN2CCCCC2)C1. The van der Waals surface area contributed by atoms with Crippen LogP contribution in [0.3, 0.4) is 0 Å². The number of halogens is 2. The molecule has 1 unspecified atom stereocenters. The fourth-order valence-corrected chi connectivity index (χ4v) is 3.73.